The van der Waals surface area contributed by atoms with Crippen LogP contribution in [0.4, 0.5) is 11.4 Å². The van der Waals surface area contributed by atoms with E-state index >= 15 is 0 Å². The van der Waals surface area contributed by atoms with Gasteiger partial charge in [0, 0.05) is 18.0 Å². The fourth-order valence-corrected chi connectivity index (χ4v) is 4.47. The molecule has 1 amide bonds. The smallest absolute Gasteiger partial charge is 0.419 e. The minimum absolute atomic E-state index is 0.0384. The summed E-state index contributed by atoms with van der Waals surface area (Å²) in [7, 11) is -4.01. The van der Waals surface area contributed by atoms with Gasteiger partial charge in [0.2, 0.25) is 5.91 Å². The molecule has 0 saturated heterocycles. The molecule has 0 aliphatic carbocycles. The van der Waals surface area contributed by atoms with Gasteiger partial charge in [0.25, 0.3) is 10.0 Å². The summed E-state index contributed by atoms with van der Waals surface area (Å²) in [4.78, 5) is 24.3. The van der Waals surface area contributed by atoms with Gasteiger partial charge in [-0.05, 0) is 48.5 Å². The van der Waals surface area contributed by atoms with Crippen molar-refractivity contribution < 1.29 is 22.7 Å². The molecule has 1 aromatic heterocycles. The normalized spacial score (nSPS) is 11.4. The van der Waals surface area contributed by atoms with Gasteiger partial charge in [-0.15, -0.1) is 0 Å². The Balaban J connectivity index is 1.49. The predicted molar refractivity (Wildman–Crippen MR) is 124 cm³/mol. The first-order valence-corrected chi connectivity index (χ1v) is 11.6. The Morgan fingerprint density at radius 1 is 1.06 bits per heavy atom. The van der Waals surface area contributed by atoms with Gasteiger partial charge in [-0.25, -0.2) is 13.2 Å². The lowest BCUT2D eigenvalue weighted by Crippen LogP contribution is -2.20. The number of aryl methyl sites for hydroxylation is 1. The van der Waals surface area contributed by atoms with Crippen LogP contribution in [0.5, 0.6) is 5.75 Å². The Hall–Kier alpha value is -3.76. The van der Waals surface area contributed by atoms with Gasteiger partial charge >= 0.3 is 5.76 Å². The SMILES string of the molecule is O=C(CCn1c(=O)oc2ccccc21)Nc1cc(S(=O)(=O)Nc2cccc(Cl)c2)ccc1O. The maximum atomic E-state index is 12.7. The number of sulfonamides is 1. The van der Waals surface area contributed by atoms with Crippen LogP contribution in [0.3, 0.4) is 0 Å². The number of amides is 1. The number of fused-ring (bicyclic) bond motifs is 1. The van der Waals surface area contributed by atoms with Crippen LogP contribution in [-0.4, -0.2) is 24.0 Å². The molecule has 0 aliphatic heterocycles. The van der Waals surface area contributed by atoms with Crippen molar-refractivity contribution in [2.45, 2.75) is 17.9 Å². The fraction of sp³-hybridized carbons (Fsp3) is 0.0909. The van der Waals surface area contributed by atoms with Crippen molar-refractivity contribution in [1.29, 1.82) is 0 Å². The minimum Gasteiger partial charge on any atom is -0.506 e. The molecule has 0 unspecified atom stereocenters. The maximum Gasteiger partial charge on any atom is 0.419 e. The van der Waals surface area contributed by atoms with E-state index in [9.17, 15) is 23.1 Å². The lowest BCUT2D eigenvalue weighted by Gasteiger charge is -2.12. The number of benzene rings is 3. The molecule has 0 fully saturated rings. The van der Waals surface area contributed by atoms with Crippen molar-refractivity contribution in [2.75, 3.05) is 10.0 Å². The number of hydrogen-bond donors (Lipinski definition) is 3. The van der Waals surface area contributed by atoms with Crippen molar-refractivity contribution in [3.8, 4) is 5.75 Å². The molecule has 4 rings (SSSR count). The molecule has 1 heterocycles. The highest BCUT2D eigenvalue weighted by atomic mass is 35.5. The molecular formula is C22H18ClN3O6S. The topological polar surface area (TPSA) is 131 Å². The van der Waals surface area contributed by atoms with Crippen LogP contribution in [0.2, 0.25) is 5.02 Å². The number of halogens is 1. The van der Waals surface area contributed by atoms with Crippen LogP contribution in [0.1, 0.15) is 6.42 Å². The van der Waals surface area contributed by atoms with Gasteiger partial charge in [0.1, 0.15) is 5.75 Å². The number of phenolic OH excluding ortho intramolecular Hbond substituents is 1. The van der Waals surface area contributed by atoms with Gasteiger partial charge < -0.3 is 14.8 Å². The first-order chi connectivity index (χ1) is 15.7. The van der Waals surface area contributed by atoms with E-state index in [4.69, 9.17) is 16.0 Å². The first kappa shape index (κ1) is 22.4. The Kier molecular flexibility index (Phi) is 6.12. The molecule has 0 atom stereocenters. The Morgan fingerprint density at radius 3 is 2.64 bits per heavy atom. The minimum atomic E-state index is -4.01. The van der Waals surface area contributed by atoms with Crippen molar-refractivity contribution in [3.05, 3.63) is 82.3 Å². The number of hydrogen-bond acceptors (Lipinski definition) is 6. The highest BCUT2D eigenvalue weighted by Crippen LogP contribution is 2.28. The quantitative estimate of drug-likeness (QED) is 0.340. The molecule has 3 N–H and O–H groups in total. The molecule has 0 spiro atoms. The lowest BCUT2D eigenvalue weighted by molar-refractivity contribution is -0.116. The molecule has 9 nitrogen and oxygen atoms in total. The summed E-state index contributed by atoms with van der Waals surface area (Å²) in [6.45, 7) is 0.0384. The summed E-state index contributed by atoms with van der Waals surface area (Å²) in [5.41, 5.74) is 1.14. The fourth-order valence-electron chi connectivity index (χ4n) is 3.20. The second kappa shape index (κ2) is 9.00. The van der Waals surface area contributed by atoms with Crippen LogP contribution in [0.25, 0.3) is 11.1 Å². The Labute approximate surface area is 193 Å². The standard InChI is InChI=1S/C22H18ClN3O6S/c23-14-4-3-5-15(12-14)25-33(30,31)16-8-9-19(27)17(13-16)24-21(28)10-11-26-18-6-1-2-7-20(18)32-22(26)29/h1-9,12-13,25,27H,10-11H2,(H,24,28). The van der Waals surface area contributed by atoms with Gasteiger partial charge in [0.15, 0.2) is 5.58 Å². The molecule has 4 aromatic rings. The third kappa shape index (κ3) is 5.02. The molecule has 3 aromatic carbocycles. The first-order valence-electron chi connectivity index (χ1n) is 9.72. The number of para-hydroxylation sites is 2. The molecule has 0 bridgehead atoms. The number of aromatic hydroxyl groups is 1. The highest BCUT2D eigenvalue weighted by molar-refractivity contribution is 7.92. The molecule has 0 radical (unpaired) electrons. The number of aromatic nitrogens is 1. The monoisotopic (exact) mass is 487 g/mol. The van der Waals surface area contributed by atoms with Crippen molar-refractivity contribution in [1.82, 2.24) is 4.57 Å². The van der Waals surface area contributed by atoms with Gasteiger partial charge in [-0.2, -0.15) is 0 Å². The van der Waals surface area contributed by atoms with Crippen LogP contribution in [0.15, 0.2) is 80.8 Å². The van der Waals surface area contributed by atoms with E-state index in [-0.39, 0.29) is 35.0 Å². The number of nitrogens with one attached hydrogen (secondary N) is 2. The number of oxazole rings is 1. The van der Waals surface area contributed by atoms with Crippen molar-refractivity contribution in [2.24, 2.45) is 0 Å². The zero-order chi connectivity index (χ0) is 23.6. The van der Waals surface area contributed by atoms with Crippen LogP contribution in [0, 0.1) is 0 Å². The number of anilines is 2. The number of rotatable bonds is 7. The van der Waals surface area contributed by atoms with Crippen LogP contribution < -0.4 is 15.8 Å². The third-order valence-corrected chi connectivity index (χ3v) is 6.38. The van der Waals surface area contributed by atoms with Crippen molar-refractivity contribution in [3.63, 3.8) is 0 Å². The third-order valence-electron chi connectivity index (χ3n) is 4.77. The van der Waals surface area contributed by atoms with E-state index in [1.54, 1.807) is 36.4 Å². The zero-order valence-electron chi connectivity index (χ0n) is 17.0. The maximum absolute atomic E-state index is 12.7. The molecule has 11 heteroatoms. The largest absolute Gasteiger partial charge is 0.506 e. The second-order valence-electron chi connectivity index (χ2n) is 7.08. The molecule has 170 valence electrons. The van der Waals surface area contributed by atoms with E-state index < -0.39 is 21.7 Å². The Bertz CT molecular complexity index is 1510. The average molecular weight is 488 g/mol. The van der Waals surface area contributed by atoms with E-state index in [1.165, 1.54) is 22.8 Å². The Morgan fingerprint density at radius 2 is 1.85 bits per heavy atom. The van der Waals surface area contributed by atoms with E-state index in [2.05, 4.69) is 10.0 Å². The lowest BCUT2D eigenvalue weighted by atomic mass is 10.2. The number of carbonyl (C=O) groups excluding carboxylic acids is 1. The summed E-state index contributed by atoms with van der Waals surface area (Å²) >= 11 is 5.89. The predicted octanol–water partition coefficient (Wildman–Crippen LogP) is 3.78. The summed E-state index contributed by atoms with van der Waals surface area (Å²) in [5, 5.41) is 12.9. The average Bonchev–Trinajstić information content (AvgIpc) is 3.08. The molecule has 33 heavy (non-hydrogen) atoms. The summed E-state index contributed by atoms with van der Waals surface area (Å²) in [6, 6.07) is 16.5. The number of carbonyl (C=O) groups is 1. The van der Waals surface area contributed by atoms with E-state index in [0.29, 0.717) is 16.1 Å². The molecule has 0 aliphatic rings. The number of nitrogens with zero attached hydrogens (tertiary/aromatic N) is 1. The van der Waals surface area contributed by atoms with Crippen LogP contribution in [-0.2, 0) is 21.4 Å². The summed E-state index contributed by atoms with van der Waals surface area (Å²) in [5.74, 6) is -1.43. The van der Waals surface area contributed by atoms with Crippen molar-refractivity contribution >= 4 is 50.0 Å². The zero-order valence-corrected chi connectivity index (χ0v) is 18.6. The second-order valence-corrected chi connectivity index (χ2v) is 9.20. The van der Waals surface area contributed by atoms with Gasteiger partial charge in [-0.1, -0.05) is 29.8 Å². The van der Waals surface area contributed by atoms with E-state index in [0.717, 1.165) is 12.1 Å². The molecule has 0 saturated carbocycles. The van der Waals surface area contributed by atoms with Gasteiger partial charge in [-0.3, -0.25) is 14.1 Å². The van der Waals surface area contributed by atoms with Crippen LogP contribution >= 0.6 is 11.6 Å². The van der Waals surface area contributed by atoms with Gasteiger partial charge in [0.05, 0.1) is 21.8 Å². The molecular weight excluding hydrogens is 470 g/mol. The summed E-state index contributed by atoms with van der Waals surface area (Å²) < 4.78 is 34.3. The summed E-state index contributed by atoms with van der Waals surface area (Å²) in [6.07, 6.45) is -0.110. The highest BCUT2D eigenvalue weighted by Gasteiger charge is 2.18. The number of phenols is 1. The van der Waals surface area contributed by atoms with E-state index in [1.807, 2.05) is 0 Å².